The number of carboxylic acid groups (broad SMARTS) is 1. The van der Waals surface area contributed by atoms with Crippen LogP contribution in [0.1, 0.15) is 12.8 Å². The summed E-state index contributed by atoms with van der Waals surface area (Å²) >= 11 is 5.83. The highest BCUT2D eigenvalue weighted by molar-refractivity contribution is 6.30. The molecular weight excluding hydrogens is 320 g/mol. The van der Waals surface area contributed by atoms with E-state index in [9.17, 15) is 14.7 Å². The number of carboxylic acids is 1. The number of amides is 1. The average Bonchev–Trinajstić information content (AvgIpc) is 2.51. The number of rotatable bonds is 9. The Morgan fingerprint density at radius 3 is 2.83 bits per heavy atom. The summed E-state index contributed by atoms with van der Waals surface area (Å²) in [6, 6.07) is 7.03. The predicted molar refractivity (Wildman–Crippen MR) is 85.1 cm³/mol. The Morgan fingerprint density at radius 1 is 1.52 bits per heavy atom. The second-order valence-corrected chi connectivity index (χ2v) is 5.07. The Hall–Kier alpha value is -2.52. The summed E-state index contributed by atoms with van der Waals surface area (Å²) in [6.07, 6.45) is 2.05. The molecule has 0 radical (unpaired) electrons. The molecule has 0 bridgehead atoms. The molecule has 1 rings (SSSR count). The summed E-state index contributed by atoms with van der Waals surface area (Å²) in [5.41, 5.74) is 0. The van der Waals surface area contributed by atoms with Crippen molar-refractivity contribution in [3.63, 3.8) is 0 Å². The minimum atomic E-state index is -1.26. The molecule has 0 aliphatic heterocycles. The van der Waals surface area contributed by atoms with Crippen molar-refractivity contribution in [2.45, 2.75) is 18.9 Å². The summed E-state index contributed by atoms with van der Waals surface area (Å²) in [7, 11) is 0. The van der Waals surface area contributed by atoms with Crippen LogP contribution in [0.25, 0.3) is 0 Å². The summed E-state index contributed by atoms with van der Waals surface area (Å²) in [6.45, 7) is 2.90. The molecule has 1 aromatic carbocycles. The van der Waals surface area contributed by atoms with Crippen LogP contribution >= 0.6 is 11.6 Å². The number of aliphatic carboxylic acids is 1. The molecule has 0 aliphatic rings. The van der Waals surface area contributed by atoms with Crippen molar-refractivity contribution in [1.82, 2.24) is 4.90 Å². The zero-order chi connectivity index (χ0) is 17.2. The second-order valence-electron chi connectivity index (χ2n) is 4.63. The first-order valence-corrected chi connectivity index (χ1v) is 7.26. The summed E-state index contributed by atoms with van der Waals surface area (Å²) in [5.74, 6) is -1.29. The van der Waals surface area contributed by atoms with Gasteiger partial charge in [-0.15, -0.1) is 6.58 Å². The maximum Gasteiger partial charge on any atom is 0.330 e. The minimum absolute atomic E-state index is 0.0894. The van der Waals surface area contributed by atoms with E-state index in [2.05, 4.69) is 6.58 Å². The molecule has 0 fully saturated rings. The van der Waals surface area contributed by atoms with Crippen LogP contribution < -0.4 is 4.74 Å². The minimum Gasteiger partial charge on any atom is -0.491 e. The highest BCUT2D eigenvalue weighted by Crippen LogP contribution is 2.18. The Bertz CT molecular complexity index is 612. The zero-order valence-electron chi connectivity index (χ0n) is 12.4. The van der Waals surface area contributed by atoms with Gasteiger partial charge in [0.25, 0.3) is 0 Å². The molecular formula is C16H17ClN2O4. The van der Waals surface area contributed by atoms with Crippen LogP contribution in [0.2, 0.25) is 5.02 Å². The van der Waals surface area contributed by atoms with Crippen LogP contribution in [0.3, 0.4) is 0 Å². The Labute approximate surface area is 139 Å². The van der Waals surface area contributed by atoms with Crippen molar-refractivity contribution in [2.75, 3.05) is 13.2 Å². The monoisotopic (exact) mass is 336 g/mol. The van der Waals surface area contributed by atoms with E-state index in [1.807, 2.05) is 6.07 Å². The zero-order valence-corrected chi connectivity index (χ0v) is 13.2. The van der Waals surface area contributed by atoms with Crippen LogP contribution in [0.15, 0.2) is 36.9 Å². The summed E-state index contributed by atoms with van der Waals surface area (Å²) in [5, 5.41) is 18.6. The number of carbonyl (C=O) groups excluding carboxylic acids is 1. The molecule has 1 unspecified atom stereocenters. The number of allylic oxidation sites excluding steroid dienone is 1. The summed E-state index contributed by atoms with van der Waals surface area (Å²) in [4.78, 5) is 24.5. The average molecular weight is 337 g/mol. The SMILES string of the molecule is C=CCCC(=O)N(CC#N)C(COc1cccc(Cl)c1)C(=O)O. The normalized spacial score (nSPS) is 11.1. The van der Waals surface area contributed by atoms with Gasteiger partial charge in [0.1, 0.15) is 18.9 Å². The third kappa shape index (κ3) is 6.01. The fourth-order valence-electron chi connectivity index (χ4n) is 1.84. The second kappa shape index (κ2) is 9.49. The third-order valence-corrected chi connectivity index (χ3v) is 3.22. The van der Waals surface area contributed by atoms with Crippen LogP contribution in [-0.2, 0) is 9.59 Å². The fourth-order valence-corrected chi connectivity index (χ4v) is 2.02. The molecule has 6 nitrogen and oxygen atoms in total. The number of nitriles is 1. The molecule has 1 atom stereocenters. The topological polar surface area (TPSA) is 90.6 Å². The molecule has 0 heterocycles. The van der Waals surface area contributed by atoms with Crippen LogP contribution in [0.5, 0.6) is 5.75 Å². The lowest BCUT2D eigenvalue weighted by molar-refractivity contribution is -0.151. The van der Waals surface area contributed by atoms with Crippen molar-refractivity contribution >= 4 is 23.5 Å². The van der Waals surface area contributed by atoms with Crippen molar-refractivity contribution in [2.24, 2.45) is 0 Å². The molecule has 0 aromatic heterocycles. The van der Waals surface area contributed by atoms with Gasteiger partial charge < -0.3 is 14.7 Å². The van der Waals surface area contributed by atoms with E-state index < -0.39 is 17.9 Å². The smallest absolute Gasteiger partial charge is 0.330 e. The lowest BCUT2D eigenvalue weighted by Crippen LogP contribution is -2.48. The number of carbonyl (C=O) groups is 2. The van der Waals surface area contributed by atoms with Crippen molar-refractivity contribution in [3.05, 3.63) is 41.9 Å². The molecule has 7 heteroatoms. The van der Waals surface area contributed by atoms with Gasteiger partial charge in [0.2, 0.25) is 5.91 Å². The maximum absolute atomic E-state index is 12.1. The largest absolute Gasteiger partial charge is 0.491 e. The van der Waals surface area contributed by atoms with Gasteiger partial charge in [0, 0.05) is 11.4 Å². The first kappa shape index (κ1) is 18.5. The number of hydrogen-bond acceptors (Lipinski definition) is 4. The van der Waals surface area contributed by atoms with Crippen LogP contribution in [-0.4, -0.2) is 41.1 Å². The van der Waals surface area contributed by atoms with Crippen molar-refractivity contribution < 1.29 is 19.4 Å². The molecule has 1 amide bonds. The lowest BCUT2D eigenvalue weighted by Gasteiger charge is -2.26. The molecule has 1 N–H and O–H groups in total. The number of ether oxygens (including phenoxy) is 1. The van der Waals surface area contributed by atoms with Gasteiger partial charge in [-0.05, 0) is 24.6 Å². The van der Waals surface area contributed by atoms with Gasteiger partial charge in [0.15, 0.2) is 6.04 Å². The molecule has 0 saturated carbocycles. The van der Waals surface area contributed by atoms with Gasteiger partial charge in [0.05, 0.1) is 6.07 Å². The Kier molecular flexibility index (Phi) is 7.64. The first-order valence-electron chi connectivity index (χ1n) is 6.88. The quantitative estimate of drug-likeness (QED) is 0.552. The van der Waals surface area contributed by atoms with E-state index in [0.717, 1.165) is 4.90 Å². The Morgan fingerprint density at radius 2 is 2.26 bits per heavy atom. The van der Waals surface area contributed by atoms with E-state index in [1.165, 1.54) is 6.07 Å². The summed E-state index contributed by atoms with van der Waals surface area (Å²) < 4.78 is 5.40. The molecule has 0 spiro atoms. The first-order chi connectivity index (χ1) is 11.0. The number of nitrogens with zero attached hydrogens (tertiary/aromatic N) is 2. The van der Waals surface area contributed by atoms with Crippen molar-refractivity contribution in [3.8, 4) is 11.8 Å². The van der Waals surface area contributed by atoms with Gasteiger partial charge >= 0.3 is 5.97 Å². The number of hydrogen-bond donors (Lipinski definition) is 1. The van der Waals surface area contributed by atoms with Gasteiger partial charge in [-0.3, -0.25) is 4.79 Å². The van der Waals surface area contributed by atoms with Gasteiger partial charge in [-0.2, -0.15) is 5.26 Å². The standard InChI is InChI=1S/C16H17ClN2O4/c1-2-3-7-15(20)19(9-8-18)14(16(21)22)11-23-13-6-4-5-12(17)10-13/h2,4-6,10,14H,1,3,7,9,11H2,(H,21,22). The highest BCUT2D eigenvalue weighted by atomic mass is 35.5. The van der Waals surface area contributed by atoms with E-state index in [0.29, 0.717) is 17.2 Å². The number of halogens is 1. The van der Waals surface area contributed by atoms with Crippen LogP contribution in [0.4, 0.5) is 0 Å². The predicted octanol–water partition coefficient (Wildman–Crippen LogP) is 2.49. The van der Waals surface area contributed by atoms with E-state index >= 15 is 0 Å². The van der Waals surface area contributed by atoms with Gasteiger partial charge in [-0.25, -0.2) is 4.79 Å². The van der Waals surface area contributed by atoms with Crippen molar-refractivity contribution in [1.29, 1.82) is 5.26 Å². The van der Waals surface area contributed by atoms with E-state index in [1.54, 1.807) is 24.3 Å². The molecule has 1 aromatic rings. The maximum atomic E-state index is 12.1. The lowest BCUT2D eigenvalue weighted by atomic mass is 10.2. The fraction of sp³-hybridized carbons (Fsp3) is 0.312. The highest BCUT2D eigenvalue weighted by Gasteiger charge is 2.30. The molecule has 122 valence electrons. The Balaban J connectivity index is 2.84. The van der Waals surface area contributed by atoms with Crippen LogP contribution in [0, 0.1) is 11.3 Å². The third-order valence-electron chi connectivity index (χ3n) is 2.99. The van der Waals surface area contributed by atoms with E-state index in [4.69, 9.17) is 21.6 Å². The molecule has 23 heavy (non-hydrogen) atoms. The van der Waals surface area contributed by atoms with Gasteiger partial charge in [-0.1, -0.05) is 23.7 Å². The molecule has 0 saturated heterocycles. The number of benzene rings is 1. The van der Waals surface area contributed by atoms with E-state index in [-0.39, 0.29) is 19.6 Å². The molecule has 0 aliphatic carbocycles.